The number of hydrogen-bond donors (Lipinski definition) is 5. The van der Waals surface area contributed by atoms with Crippen molar-refractivity contribution in [1.29, 1.82) is 0 Å². The Bertz CT molecular complexity index is 910. The molecule has 3 heterocycles. The highest BCUT2D eigenvalue weighted by Gasteiger charge is 2.65. The van der Waals surface area contributed by atoms with E-state index in [1.807, 2.05) is 6.07 Å². The highest BCUT2D eigenvalue weighted by molar-refractivity contribution is 5.61. The Kier molecular flexibility index (Phi) is 4.79. The Labute approximate surface area is 186 Å². The molecule has 176 valence electrons. The van der Waals surface area contributed by atoms with Gasteiger partial charge in [0.25, 0.3) is 0 Å². The van der Waals surface area contributed by atoms with Gasteiger partial charge in [0.15, 0.2) is 11.5 Å². The predicted octanol–water partition coefficient (Wildman–Crippen LogP) is -1.10. The third kappa shape index (κ3) is 2.64. The first-order valence-corrected chi connectivity index (χ1v) is 11.5. The molecule has 32 heavy (non-hydrogen) atoms. The van der Waals surface area contributed by atoms with Gasteiger partial charge in [0.05, 0.1) is 12.7 Å². The number of ether oxygens (including phenoxy) is 3. The molecule has 1 spiro atoms. The molecular formula is C23H31NO8. The molecule has 3 fully saturated rings. The van der Waals surface area contributed by atoms with Crippen LogP contribution in [0.1, 0.15) is 30.4 Å². The zero-order valence-corrected chi connectivity index (χ0v) is 18.0. The number of aliphatic hydroxyl groups is 5. The number of hydrogen-bond acceptors (Lipinski definition) is 9. The lowest BCUT2D eigenvalue weighted by atomic mass is 9.51. The molecular weight excluding hydrogens is 418 g/mol. The fourth-order valence-corrected chi connectivity index (χ4v) is 7.08. The first kappa shape index (κ1) is 21.1. The molecule has 9 nitrogen and oxygen atoms in total. The lowest BCUT2D eigenvalue weighted by Gasteiger charge is -2.58. The van der Waals surface area contributed by atoms with E-state index < -0.39 is 43.4 Å². The predicted molar refractivity (Wildman–Crippen MR) is 110 cm³/mol. The second kappa shape index (κ2) is 7.27. The molecule has 1 aromatic rings. The third-order valence-electron chi connectivity index (χ3n) is 8.64. The Morgan fingerprint density at radius 2 is 1.94 bits per heavy atom. The van der Waals surface area contributed by atoms with Crippen molar-refractivity contribution in [3.8, 4) is 11.5 Å². The van der Waals surface area contributed by atoms with Crippen molar-refractivity contribution in [1.82, 2.24) is 4.90 Å². The molecule has 9 heteroatoms. The second-order valence-electron chi connectivity index (χ2n) is 10.1. The van der Waals surface area contributed by atoms with Gasteiger partial charge in [0.1, 0.15) is 30.5 Å². The zero-order chi connectivity index (χ0) is 22.4. The van der Waals surface area contributed by atoms with Gasteiger partial charge < -0.3 is 44.6 Å². The van der Waals surface area contributed by atoms with Gasteiger partial charge in [-0.05, 0) is 56.8 Å². The highest BCUT2D eigenvalue weighted by atomic mass is 16.7. The lowest BCUT2D eigenvalue weighted by Crippen LogP contribution is -2.66. The molecule has 2 bridgehead atoms. The van der Waals surface area contributed by atoms with Gasteiger partial charge >= 0.3 is 0 Å². The number of benzene rings is 1. The fraction of sp³-hybridized carbons (Fsp3) is 0.739. The van der Waals surface area contributed by atoms with E-state index in [0.717, 1.165) is 31.4 Å². The summed E-state index contributed by atoms with van der Waals surface area (Å²) in [5, 5.41) is 51.0. The maximum absolute atomic E-state index is 10.9. The van der Waals surface area contributed by atoms with Crippen molar-refractivity contribution >= 4 is 0 Å². The number of piperidine rings is 1. The van der Waals surface area contributed by atoms with Crippen LogP contribution in [0.5, 0.6) is 11.5 Å². The van der Waals surface area contributed by atoms with Gasteiger partial charge in [-0.3, -0.25) is 0 Å². The number of nitrogens with zero attached hydrogens (tertiary/aromatic N) is 1. The third-order valence-corrected chi connectivity index (χ3v) is 8.64. The van der Waals surface area contributed by atoms with Crippen LogP contribution in [0.15, 0.2) is 12.1 Å². The summed E-state index contributed by atoms with van der Waals surface area (Å²) >= 11 is 0. The number of likely N-dealkylation sites (tertiary alicyclic amines) is 1. The Hall–Kier alpha value is -1.46. The summed E-state index contributed by atoms with van der Waals surface area (Å²) < 4.78 is 18.0. The molecule has 2 saturated heterocycles. The molecule has 6 rings (SSSR count). The highest BCUT2D eigenvalue weighted by Crippen LogP contribution is 2.63. The SMILES string of the molecule is CN1CC[C@]23c4c5ccc(OC6O[C@H](CO)[C@@H](O)[C@H](O)[C@H]6O)c4OC2[C@H](O)CCC3[C@H]1C5. The van der Waals surface area contributed by atoms with E-state index in [1.54, 1.807) is 6.07 Å². The fourth-order valence-electron chi connectivity index (χ4n) is 7.08. The van der Waals surface area contributed by atoms with Crippen LogP contribution in [0.2, 0.25) is 0 Å². The quantitative estimate of drug-likeness (QED) is 0.390. The zero-order valence-electron chi connectivity index (χ0n) is 18.0. The van der Waals surface area contributed by atoms with E-state index in [-0.39, 0.29) is 11.5 Å². The second-order valence-corrected chi connectivity index (χ2v) is 10.1. The smallest absolute Gasteiger partial charge is 0.229 e. The van der Waals surface area contributed by atoms with Crippen molar-refractivity contribution in [2.75, 3.05) is 20.2 Å². The van der Waals surface area contributed by atoms with E-state index in [2.05, 4.69) is 11.9 Å². The first-order chi connectivity index (χ1) is 15.4. The summed E-state index contributed by atoms with van der Waals surface area (Å²) in [7, 11) is 2.18. The number of likely N-dealkylation sites (N-methyl/N-ethyl adjacent to an activating group) is 1. The molecule has 0 radical (unpaired) electrons. The van der Waals surface area contributed by atoms with Gasteiger partial charge in [-0.1, -0.05) is 6.07 Å². The van der Waals surface area contributed by atoms with Crippen molar-refractivity contribution < 1.29 is 39.7 Å². The lowest BCUT2D eigenvalue weighted by molar-refractivity contribution is -0.277. The largest absolute Gasteiger partial charge is 0.483 e. The minimum atomic E-state index is -1.51. The van der Waals surface area contributed by atoms with Crippen LogP contribution in [0, 0.1) is 5.92 Å². The van der Waals surface area contributed by atoms with Gasteiger partial charge in [-0.15, -0.1) is 0 Å². The van der Waals surface area contributed by atoms with Crippen LogP contribution in [0.4, 0.5) is 0 Å². The molecule has 3 unspecified atom stereocenters. The van der Waals surface area contributed by atoms with Crippen molar-refractivity contribution in [3.05, 3.63) is 23.3 Å². The van der Waals surface area contributed by atoms with Crippen LogP contribution in [0.25, 0.3) is 0 Å². The summed E-state index contributed by atoms with van der Waals surface area (Å²) in [4.78, 5) is 2.43. The normalized spacial score (nSPS) is 47.0. The van der Waals surface area contributed by atoms with Crippen LogP contribution < -0.4 is 9.47 Å². The molecule has 10 atom stereocenters. The minimum Gasteiger partial charge on any atom is -0.483 e. The average molecular weight is 450 g/mol. The number of rotatable bonds is 3. The summed E-state index contributed by atoms with van der Waals surface area (Å²) in [5.74, 6) is 1.35. The van der Waals surface area contributed by atoms with Gasteiger partial charge in [-0.25, -0.2) is 0 Å². The molecule has 1 saturated carbocycles. The molecule has 5 N–H and O–H groups in total. The molecule has 2 aliphatic carbocycles. The van der Waals surface area contributed by atoms with E-state index >= 15 is 0 Å². The Morgan fingerprint density at radius 1 is 1.12 bits per heavy atom. The average Bonchev–Trinajstić information content (AvgIpc) is 3.14. The Morgan fingerprint density at radius 3 is 2.72 bits per heavy atom. The topological polar surface area (TPSA) is 132 Å². The minimum absolute atomic E-state index is 0.257. The summed E-state index contributed by atoms with van der Waals surface area (Å²) in [6.45, 7) is 0.413. The monoisotopic (exact) mass is 449 g/mol. The summed E-state index contributed by atoms with van der Waals surface area (Å²) in [5.41, 5.74) is 2.05. The van der Waals surface area contributed by atoms with Crippen molar-refractivity contribution in [2.24, 2.45) is 5.92 Å². The van der Waals surface area contributed by atoms with Crippen LogP contribution in [-0.4, -0.2) is 99.6 Å². The van der Waals surface area contributed by atoms with E-state index in [9.17, 15) is 25.5 Å². The molecule has 0 aromatic heterocycles. The van der Waals surface area contributed by atoms with Gasteiger partial charge in [-0.2, -0.15) is 0 Å². The van der Waals surface area contributed by atoms with Gasteiger partial charge in [0, 0.05) is 17.0 Å². The molecule has 0 amide bonds. The first-order valence-electron chi connectivity index (χ1n) is 11.5. The van der Waals surface area contributed by atoms with Crippen LogP contribution in [-0.2, 0) is 16.6 Å². The van der Waals surface area contributed by atoms with Crippen LogP contribution in [0.3, 0.4) is 0 Å². The van der Waals surface area contributed by atoms with E-state index in [1.165, 1.54) is 5.56 Å². The standard InChI is InChI=1S/C23H31NO8/c1-24-7-6-23-11-3-4-13(26)21(23)32-20-14(5-2-10(16(20)23)8-12(11)24)30-22-19(29)18(28)17(27)15(9-25)31-22/h2,5,11-13,15,17-19,21-22,25-29H,3-4,6-9H2,1H3/t11?,12-,13-,15-,17-,18+,19-,21?,22?,23+/m1/s1. The maximum Gasteiger partial charge on any atom is 0.229 e. The maximum atomic E-state index is 10.9. The van der Waals surface area contributed by atoms with Crippen molar-refractivity contribution in [3.63, 3.8) is 0 Å². The van der Waals surface area contributed by atoms with E-state index in [4.69, 9.17) is 14.2 Å². The summed E-state index contributed by atoms with van der Waals surface area (Å²) in [6, 6.07) is 4.22. The van der Waals surface area contributed by atoms with Gasteiger partial charge in [0.2, 0.25) is 6.29 Å². The summed E-state index contributed by atoms with van der Waals surface area (Å²) in [6.07, 6.45) is -4.22. The molecule has 3 aliphatic heterocycles. The van der Waals surface area contributed by atoms with Crippen molar-refractivity contribution in [2.45, 2.75) is 80.1 Å². The molecule has 1 aromatic carbocycles. The Balaban J connectivity index is 1.40. The van der Waals surface area contributed by atoms with Crippen LogP contribution >= 0.6 is 0 Å². The molecule has 5 aliphatic rings. The van der Waals surface area contributed by atoms with E-state index in [0.29, 0.717) is 29.9 Å². The number of aliphatic hydroxyl groups excluding tert-OH is 5.